The lowest BCUT2D eigenvalue weighted by Crippen LogP contribution is -2.15. The molecule has 1 atom stereocenters. The smallest absolute Gasteiger partial charge is 0.334 e. The van der Waals surface area contributed by atoms with Gasteiger partial charge >= 0.3 is 11.9 Å². The Morgan fingerprint density at radius 3 is 2.17 bits per heavy atom. The van der Waals surface area contributed by atoms with E-state index in [0.29, 0.717) is 13.2 Å². The summed E-state index contributed by atoms with van der Waals surface area (Å²) in [5.74, 6) is -0.968. The molecule has 0 spiro atoms. The number of ether oxygens (including phenoxy) is 3. The Bertz CT molecular complexity index is 387. The second-order valence-electron chi connectivity index (χ2n) is 6.38. The highest BCUT2D eigenvalue weighted by Gasteiger charge is 2.25. The van der Waals surface area contributed by atoms with Crippen LogP contribution in [0.2, 0.25) is 0 Å². The maximum Gasteiger partial charge on any atom is 0.334 e. The van der Waals surface area contributed by atoms with Gasteiger partial charge < -0.3 is 14.2 Å². The number of unbranched alkanes of at least 4 members (excludes halogenated alkanes) is 8. The second-order valence-corrected chi connectivity index (χ2v) is 6.38. The average Bonchev–Trinajstić information content (AvgIpc) is 3.38. The van der Waals surface area contributed by atoms with Crippen molar-refractivity contribution in [2.75, 3.05) is 19.8 Å². The average molecular weight is 340 g/mol. The first kappa shape index (κ1) is 20.7. The first-order valence-corrected chi connectivity index (χ1v) is 9.25. The molecule has 5 nitrogen and oxygen atoms in total. The highest BCUT2D eigenvalue weighted by molar-refractivity contribution is 5.93. The summed E-state index contributed by atoms with van der Waals surface area (Å²) in [5, 5.41) is 0. The third kappa shape index (κ3) is 11.2. The van der Waals surface area contributed by atoms with Crippen LogP contribution in [0.15, 0.2) is 12.2 Å². The van der Waals surface area contributed by atoms with E-state index in [9.17, 15) is 9.59 Å². The molecule has 0 aromatic rings. The normalized spacial score (nSPS) is 15.8. The number of carbonyl (C=O) groups is 2. The predicted octanol–water partition coefficient (Wildman–Crippen LogP) is 3.95. The summed E-state index contributed by atoms with van der Waals surface area (Å²) >= 11 is 0. The molecule has 1 saturated heterocycles. The van der Waals surface area contributed by atoms with Crippen molar-refractivity contribution < 1.29 is 23.8 Å². The van der Waals surface area contributed by atoms with Gasteiger partial charge in [0.15, 0.2) is 0 Å². The molecule has 24 heavy (non-hydrogen) atoms. The molecule has 0 radical (unpaired) electrons. The van der Waals surface area contributed by atoms with Gasteiger partial charge in [-0.1, -0.05) is 64.9 Å². The first-order chi connectivity index (χ1) is 11.6. The number of carbonyl (C=O) groups excluding carboxylic acids is 2. The van der Waals surface area contributed by atoms with Crippen LogP contribution in [-0.2, 0) is 23.8 Å². The topological polar surface area (TPSA) is 65.1 Å². The summed E-state index contributed by atoms with van der Waals surface area (Å²) < 4.78 is 15.0. The monoisotopic (exact) mass is 340 g/mol. The fourth-order valence-electron chi connectivity index (χ4n) is 2.33. The molecule has 1 rings (SSSR count). The first-order valence-electron chi connectivity index (χ1n) is 9.25. The van der Waals surface area contributed by atoms with Crippen molar-refractivity contribution in [1.82, 2.24) is 0 Å². The van der Waals surface area contributed by atoms with E-state index < -0.39 is 11.9 Å². The number of hydrogen-bond donors (Lipinski definition) is 0. The summed E-state index contributed by atoms with van der Waals surface area (Å²) in [5.41, 5.74) is 0.132. The molecule has 1 aliphatic rings. The zero-order chi connectivity index (χ0) is 17.6. The molecule has 0 aromatic carbocycles. The Labute approximate surface area is 145 Å². The van der Waals surface area contributed by atoms with Gasteiger partial charge in [0, 0.05) is 5.57 Å². The zero-order valence-electron chi connectivity index (χ0n) is 15.0. The molecular formula is C19H32O5. The largest absolute Gasteiger partial charge is 0.465 e. The molecule has 5 heteroatoms. The minimum atomic E-state index is -0.550. The predicted molar refractivity (Wildman–Crippen MR) is 92.6 cm³/mol. The van der Waals surface area contributed by atoms with Crippen molar-refractivity contribution >= 4 is 11.9 Å². The van der Waals surface area contributed by atoms with E-state index in [1.165, 1.54) is 44.9 Å². The van der Waals surface area contributed by atoms with Crippen LogP contribution in [0, 0.1) is 0 Å². The van der Waals surface area contributed by atoms with E-state index in [-0.39, 0.29) is 24.7 Å². The molecule has 1 fully saturated rings. The van der Waals surface area contributed by atoms with E-state index in [0.717, 1.165) is 12.8 Å². The van der Waals surface area contributed by atoms with Crippen molar-refractivity contribution in [3.05, 3.63) is 12.2 Å². The highest BCUT2D eigenvalue weighted by atomic mass is 16.6. The van der Waals surface area contributed by atoms with Crippen molar-refractivity contribution in [2.45, 2.75) is 77.2 Å². The molecule has 0 N–H and O–H groups in total. The lowest BCUT2D eigenvalue weighted by Gasteiger charge is -2.07. The van der Waals surface area contributed by atoms with E-state index in [1.54, 1.807) is 0 Å². The molecule has 1 unspecified atom stereocenters. The van der Waals surface area contributed by atoms with Crippen molar-refractivity contribution in [3.63, 3.8) is 0 Å². The van der Waals surface area contributed by atoms with Gasteiger partial charge in [0.2, 0.25) is 0 Å². The van der Waals surface area contributed by atoms with Crippen LogP contribution < -0.4 is 0 Å². The Kier molecular flexibility index (Phi) is 11.2. The minimum Gasteiger partial charge on any atom is -0.465 e. The van der Waals surface area contributed by atoms with Gasteiger partial charge in [-0.3, -0.25) is 4.79 Å². The van der Waals surface area contributed by atoms with E-state index in [2.05, 4.69) is 13.5 Å². The van der Waals surface area contributed by atoms with Gasteiger partial charge in [0.1, 0.15) is 12.7 Å². The van der Waals surface area contributed by atoms with Crippen LogP contribution >= 0.6 is 0 Å². The Morgan fingerprint density at radius 2 is 1.58 bits per heavy atom. The third-order valence-electron chi connectivity index (χ3n) is 3.96. The Morgan fingerprint density at radius 1 is 1.00 bits per heavy atom. The summed E-state index contributed by atoms with van der Waals surface area (Å²) in [4.78, 5) is 23.2. The molecule has 0 aliphatic carbocycles. The molecule has 1 heterocycles. The van der Waals surface area contributed by atoms with Crippen LogP contribution in [0.5, 0.6) is 0 Å². The van der Waals surface area contributed by atoms with Crippen LogP contribution in [-0.4, -0.2) is 37.9 Å². The molecule has 0 amide bonds. The van der Waals surface area contributed by atoms with Crippen molar-refractivity contribution in [1.29, 1.82) is 0 Å². The maximum atomic E-state index is 11.6. The number of esters is 2. The Balaban J connectivity index is 1.89. The number of rotatable bonds is 15. The lowest BCUT2D eigenvalue weighted by atomic mass is 10.1. The summed E-state index contributed by atoms with van der Waals surface area (Å²) in [6, 6.07) is 0. The maximum absolute atomic E-state index is 11.6. The third-order valence-corrected chi connectivity index (χ3v) is 3.96. The van der Waals surface area contributed by atoms with Crippen LogP contribution in [0.4, 0.5) is 0 Å². The fourth-order valence-corrected chi connectivity index (χ4v) is 2.33. The number of hydrogen-bond acceptors (Lipinski definition) is 5. The summed E-state index contributed by atoms with van der Waals surface area (Å²) in [6.07, 6.45) is 10.9. The quantitative estimate of drug-likeness (QED) is 0.195. The fraction of sp³-hybridized carbons (Fsp3) is 0.789. The molecule has 138 valence electrons. The molecule has 1 aliphatic heterocycles. The SMILES string of the molecule is C=C(CC(=O)OCCCCCCCCCCC)C(=O)OCC1CO1. The van der Waals surface area contributed by atoms with E-state index >= 15 is 0 Å². The van der Waals surface area contributed by atoms with Gasteiger partial charge in [0.05, 0.1) is 19.6 Å². The summed E-state index contributed by atoms with van der Waals surface area (Å²) in [7, 11) is 0. The van der Waals surface area contributed by atoms with Gasteiger partial charge in [-0.25, -0.2) is 4.79 Å². The standard InChI is InChI=1S/C19H32O5/c1-3-4-5-6-7-8-9-10-11-12-22-18(20)13-16(2)19(21)24-15-17-14-23-17/h17H,2-15H2,1H3. The van der Waals surface area contributed by atoms with Gasteiger partial charge in [-0.15, -0.1) is 0 Å². The van der Waals surface area contributed by atoms with Crippen molar-refractivity contribution in [2.24, 2.45) is 0 Å². The minimum absolute atomic E-state index is 0.0142. The summed E-state index contributed by atoms with van der Waals surface area (Å²) in [6.45, 7) is 7.06. The second kappa shape index (κ2) is 13.0. The van der Waals surface area contributed by atoms with Crippen LogP contribution in [0.1, 0.15) is 71.1 Å². The highest BCUT2D eigenvalue weighted by Crippen LogP contribution is 2.12. The lowest BCUT2D eigenvalue weighted by molar-refractivity contribution is -0.146. The van der Waals surface area contributed by atoms with Gasteiger partial charge in [-0.2, -0.15) is 0 Å². The molecule has 0 aromatic heterocycles. The van der Waals surface area contributed by atoms with E-state index in [4.69, 9.17) is 14.2 Å². The van der Waals surface area contributed by atoms with Gasteiger partial charge in [-0.05, 0) is 6.42 Å². The van der Waals surface area contributed by atoms with E-state index in [1.807, 2.05) is 0 Å². The van der Waals surface area contributed by atoms with Gasteiger partial charge in [0.25, 0.3) is 0 Å². The van der Waals surface area contributed by atoms with Crippen molar-refractivity contribution in [3.8, 4) is 0 Å². The molecular weight excluding hydrogens is 308 g/mol. The van der Waals surface area contributed by atoms with Crippen LogP contribution in [0.3, 0.4) is 0 Å². The number of epoxide rings is 1. The van der Waals surface area contributed by atoms with Crippen LogP contribution in [0.25, 0.3) is 0 Å². The zero-order valence-corrected chi connectivity index (χ0v) is 15.0. The Hall–Kier alpha value is -1.36. The molecule has 0 saturated carbocycles. The molecule has 0 bridgehead atoms.